The van der Waals surface area contributed by atoms with Crippen molar-refractivity contribution in [1.29, 1.82) is 0 Å². The van der Waals surface area contributed by atoms with E-state index >= 15 is 0 Å². The molecule has 0 unspecified atom stereocenters. The van der Waals surface area contributed by atoms with Crippen LogP contribution in [0, 0.1) is 19.8 Å². The number of aromatic nitrogens is 1. The number of benzene rings is 1. The van der Waals surface area contributed by atoms with Gasteiger partial charge in [0, 0.05) is 26.1 Å². The van der Waals surface area contributed by atoms with Gasteiger partial charge in [0.1, 0.15) is 10.6 Å². The minimum absolute atomic E-state index is 0.112. The van der Waals surface area contributed by atoms with Gasteiger partial charge in [-0.05, 0) is 50.7 Å². The van der Waals surface area contributed by atoms with E-state index < -0.39 is 10.0 Å². The zero-order valence-electron chi connectivity index (χ0n) is 17.1. The summed E-state index contributed by atoms with van der Waals surface area (Å²) in [5.74, 6) is 0.269. The molecule has 1 aromatic carbocycles. The first-order valence-electron chi connectivity index (χ1n) is 10.1. The minimum Gasteiger partial charge on any atom is -0.360 e. The van der Waals surface area contributed by atoms with E-state index in [9.17, 15) is 13.2 Å². The van der Waals surface area contributed by atoms with Crippen LogP contribution in [0.25, 0.3) is 0 Å². The molecular formula is C21H27N3O4S. The molecule has 1 saturated heterocycles. The second-order valence-corrected chi connectivity index (χ2v) is 9.91. The van der Waals surface area contributed by atoms with Crippen molar-refractivity contribution in [2.24, 2.45) is 5.92 Å². The van der Waals surface area contributed by atoms with Gasteiger partial charge in [0.25, 0.3) is 0 Å². The molecule has 0 N–H and O–H groups in total. The van der Waals surface area contributed by atoms with Crippen LogP contribution in [0.15, 0.2) is 33.7 Å². The van der Waals surface area contributed by atoms with E-state index in [1.807, 2.05) is 24.1 Å². The van der Waals surface area contributed by atoms with E-state index in [0.29, 0.717) is 37.4 Å². The molecule has 0 saturated carbocycles. The van der Waals surface area contributed by atoms with Crippen LogP contribution in [-0.2, 0) is 21.2 Å². The predicted octanol–water partition coefficient (Wildman–Crippen LogP) is 2.84. The number of hydrogen-bond donors (Lipinski definition) is 0. The quantitative estimate of drug-likeness (QED) is 0.764. The van der Waals surface area contributed by atoms with Crippen molar-refractivity contribution in [3.63, 3.8) is 0 Å². The van der Waals surface area contributed by atoms with Gasteiger partial charge in [-0.3, -0.25) is 4.79 Å². The van der Waals surface area contributed by atoms with Gasteiger partial charge in [-0.1, -0.05) is 29.4 Å². The van der Waals surface area contributed by atoms with Crippen LogP contribution in [-0.4, -0.2) is 48.8 Å². The van der Waals surface area contributed by atoms with E-state index in [0.717, 1.165) is 12.8 Å². The van der Waals surface area contributed by atoms with Gasteiger partial charge in [0.05, 0.1) is 6.04 Å². The number of aryl methyl sites for hydroxylation is 3. The highest BCUT2D eigenvalue weighted by Gasteiger charge is 2.38. The number of piperidine rings is 1. The maximum absolute atomic E-state index is 13.1. The second-order valence-electron chi connectivity index (χ2n) is 8.03. The Morgan fingerprint density at radius 2 is 1.86 bits per heavy atom. The minimum atomic E-state index is -3.65. The van der Waals surface area contributed by atoms with Crippen molar-refractivity contribution in [1.82, 2.24) is 14.4 Å². The topological polar surface area (TPSA) is 83.7 Å². The highest BCUT2D eigenvalue weighted by atomic mass is 32.2. The van der Waals surface area contributed by atoms with E-state index in [4.69, 9.17) is 4.52 Å². The number of amides is 1. The molecule has 2 aromatic rings. The molecule has 7 nitrogen and oxygen atoms in total. The number of nitrogens with zero attached hydrogens (tertiary/aromatic N) is 3. The summed E-state index contributed by atoms with van der Waals surface area (Å²) in [6, 6.07) is 8.41. The maximum atomic E-state index is 13.1. The third-order valence-corrected chi connectivity index (χ3v) is 8.43. The SMILES string of the molecule is Cc1noc(C)c1S(=O)(=O)N1CCC(C(=O)N(C)[C@@H]2CCc3ccccc32)CC1. The molecule has 0 radical (unpaired) electrons. The monoisotopic (exact) mass is 417 g/mol. The Bertz CT molecular complexity index is 1000. The zero-order chi connectivity index (χ0) is 20.8. The van der Waals surface area contributed by atoms with Crippen LogP contribution in [0.1, 0.15) is 47.9 Å². The average Bonchev–Trinajstić information content (AvgIpc) is 3.30. The maximum Gasteiger partial charge on any atom is 0.248 e. The normalized spacial score (nSPS) is 20.6. The van der Waals surface area contributed by atoms with Crippen molar-refractivity contribution in [3.8, 4) is 0 Å². The molecule has 1 amide bonds. The van der Waals surface area contributed by atoms with E-state index in [2.05, 4.69) is 17.3 Å². The summed E-state index contributed by atoms with van der Waals surface area (Å²) in [7, 11) is -1.78. The van der Waals surface area contributed by atoms with Crippen molar-refractivity contribution in [3.05, 3.63) is 46.8 Å². The Morgan fingerprint density at radius 1 is 1.17 bits per heavy atom. The van der Waals surface area contributed by atoms with Gasteiger partial charge in [-0.25, -0.2) is 8.42 Å². The number of carbonyl (C=O) groups excluding carboxylic acids is 1. The van der Waals surface area contributed by atoms with Crippen molar-refractivity contribution in [2.75, 3.05) is 20.1 Å². The third kappa shape index (κ3) is 3.48. The lowest BCUT2D eigenvalue weighted by atomic mass is 9.95. The summed E-state index contributed by atoms with van der Waals surface area (Å²) in [6.07, 6.45) is 2.99. The van der Waals surface area contributed by atoms with Crippen LogP contribution < -0.4 is 0 Å². The summed E-state index contributed by atoms with van der Waals surface area (Å²) >= 11 is 0. The number of carbonyl (C=O) groups is 1. The number of sulfonamides is 1. The molecule has 8 heteroatoms. The van der Waals surface area contributed by atoms with Crippen LogP contribution >= 0.6 is 0 Å². The second kappa shape index (κ2) is 7.57. The van der Waals surface area contributed by atoms with Gasteiger partial charge in [-0.15, -0.1) is 0 Å². The van der Waals surface area contributed by atoms with Crippen molar-refractivity contribution in [2.45, 2.75) is 50.5 Å². The average molecular weight is 418 g/mol. The van der Waals surface area contributed by atoms with Gasteiger partial charge >= 0.3 is 0 Å². The Hall–Kier alpha value is -2.19. The van der Waals surface area contributed by atoms with Crippen molar-refractivity contribution < 1.29 is 17.7 Å². The van der Waals surface area contributed by atoms with Gasteiger partial charge in [-0.2, -0.15) is 4.31 Å². The largest absolute Gasteiger partial charge is 0.360 e. The first-order chi connectivity index (χ1) is 13.8. The van der Waals surface area contributed by atoms with E-state index in [1.165, 1.54) is 15.4 Å². The molecule has 1 aliphatic carbocycles. The van der Waals surface area contributed by atoms with Crippen LogP contribution in [0.3, 0.4) is 0 Å². The standard InChI is InChI=1S/C21H27N3O4S/c1-14-20(15(2)28-22-14)29(26,27)24-12-10-17(11-13-24)21(25)23(3)19-9-8-16-6-4-5-7-18(16)19/h4-7,17,19H,8-13H2,1-3H3/t19-/m1/s1. The molecule has 2 aliphatic rings. The fourth-order valence-corrected chi connectivity index (χ4v) is 6.45. The Morgan fingerprint density at radius 3 is 2.52 bits per heavy atom. The summed E-state index contributed by atoms with van der Waals surface area (Å²) in [6.45, 7) is 3.90. The van der Waals surface area contributed by atoms with Crippen molar-refractivity contribution >= 4 is 15.9 Å². The molecule has 1 aliphatic heterocycles. The lowest BCUT2D eigenvalue weighted by Gasteiger charge is -2.34. The van der Waals surface area contributed by atoms with E-state index in [1.54, 1.807) is 13.8 Å². The Balaban J connectivity index is 1.43. The summed E-state index contributed by atoms with van der Waals surface area (Å²) in [4.78, 5) is 15.1. The number of hydrogen-bond acceptors (Lipinski definition) is 5. The highest BCUT2D eigenvalue weighted by molar-refractivity contribution is 7.89. The van der Waals surface area contributed by atoms with Gasteiger partial charge < -0.3 is 9.42 Å². The summed E-state index contributed by atoms with van der Waals surface area (Å²) in [5, 5.41) is 3.76. The molecule has 2 heterocycles. The number of fused-ring (bicyclic) bond motifs is 1. The number of rotatable bonds is 4. The fourth-order valence-electron chi connectivity index (χ4n) is 4.69. The zero-order valence-corrected chi connectivity index (χ0v) is 17.9. The first-order valence-corrected chi connectivity index (χ1v) is 11.5. The van der Waals surface area contributed by atoms with Crippen LogP contribution in [0.5, 0.6) is 0 Å². The Kier molecular flexibility index (Phi) is 5.25. The Labute approximate surface area is 171 Å². The lowest BCUT2D eigenvalue weighted by Crippen LogP contribution is -2.44. The molecule has 0 bridgehead atoms. The van der Waals surface area contributed by atoms with Crippen LogP contribution in [0.2, 0.25) is 0 Å². The smallest absolute Gasteiger partial charge is 0.248 e. The molecule has 1 aromatic heterocycles. The van der Waals surface area contributed by atoms with Gasteiger partial charge in [0.15, 0.2) is 5.76 Å². The molecule has 0 spiro atoms. The van der Waals surface area contributed by atoms with E-state index in [-0.39, 0.29) is 22.8 Å². The summed E-state index contributed by atoms with van der Waals surface area (Å²) in [5.41, 5.74) is 2.93. The summed E-state index contributed by atoms with van der Waals surface area (Å²) < 4.78 is 32.4. The molecule has 4 rings (SSSR count). The molecule has 1 atom stereocenters. The predicted molar refractivity (Wildman–Crippen MR) is 108 cm³/mol. The molecule has 156 valence electrons. The highest BCUT2D eigenvalue weighted by Crippen LogP contribution is 2.36. The fraction of sp³-hybridized carbons (Fsp3) is 0.524. The molecule has 29 heavy (non-hydrogen) atoms. The lowest BCUT2D eigenvalue weighted by molar-refractivity contribution is -0.137. The van der Waals surface area contributed by atoms with Gasteiger partial charge in [0.2, 0.25) is 15.9 Å². The molecule has 1 fully saturated rings. The third-order valence-electron chi connectivity index (χ3n) is 6.29. The van der Waals surface area contributed by atoms with Crippen LogP contribution in [0.4, 0.5) is 0 Å². The first kappa shape index (κ1) is 20.1. The molecular weight excluding hydrogens is 390 g/mol.